The molecule has 0 unspecified atom stereocenters. The molecule has 15 heteroatoms. The van der Waals surface area contributed by atoms with E-state index in [4.69, 9.17) is 14.6 Å². The minimum Gasteiger partial charge on any atom is -0.484 e. The van der Waals surface area contributed by atoms with Gasteiger partial charge in [0.05, 0.1) is 11.6 Å². The predicted octanol–water partition coefficient (Wildman–Crippen LogP) is 6.62. The first kappa shape index (κ1) is 36.2. The molecule has 2 atom stereocenters. The first-order valence-electron chi connectivity index (χ1n) is 15.6. The Balaban J connectivity index is 0.000000274. The average Bonchev–Trinajstić information content (AvgIpc) is 3.53. The van der Waals surface area contributed by atoms with Crippen molar-refractivity contribution in [1.29, 1.82) is 0 Å². The maximum atomic E-state index is 13.6. The van der Waals surface area contributed by atoms with Crippen molar-refractivity contribution in [2.24, 2.45) is 0 Å². The van der Waals surface area contributed by atoms with Gasteiger partial charge in [0.15, 0.2) is 12.4 Å². The fourth-order valence-corrected chi connectivity index (χ4v) is 5.42. The number of carbonyl (C=O) groups is 3. The molecular weight excluding hydrogens is 638 g/mol. The van der Waals surface area contributed by atoms with Gasteiger partial charge in [0.1, 0.15) is 29.0 Å². The van der Waals surface area contributed by atoms with Gasteiger partial charge in [0, 0.05) is 18.7 Å². The van der Waals surface area contributed by atoms with Crippen LogP contribution in [0.25, 0.3) is 11.4 Å². The minimum absolute atomic E-state index is 0.00371. The van der Waals surface area contributed by atoms with Crippen LogP contribution in [0.4, 0.5) is 22.4 Å². The molecule has 5 rings (SSSR count). The topological polar surface area (TPSA) is 138 Å². The van der Waals surface area contributed by atoms with Crippen molar-refractivity contribution in [1.82, 2.24) is 25.0 Å². The first-order valence-corrected chi connectivity index (χ1v) is 15.6. The number of aromatic nitrogens is 3. The molecule has 3 heterocycles. The van der Waals surface area contributed by atoms with E-state index in [2.05, 4.69) is 15.2 Å². The first-order chi connectivity index (χ1) is 22.6. The largest absolute Gasteiger partial charge is 0.484 e. The number of hydrogen-bond acceptors (Lipinski definition) is 7. The molecule has 260 valence electrons. The third-order valence-corrected chi connectivity index (χ3v) is 7.69. The molecule has 2 fully saturated rings. The smallest absolute Gasteiger partial charge is 0.419 e. The summed E-state index contributed by atoms with van der Waals surface area (Å²) in [7, 11) is 0. The van der Waals surface area contributed by atoms with Gasteiger partial charge in [-0.2, -0.15) is 18.3 Å². The molecule has 2 saturated heterocycles. The van der Waals surface area contributed by atoms with Crippen molar-refractivity contribution in [3.8, 4) is 17.1 Å². The van der Waals surface area contributed by atoms with Crippen LogP contribution in [0.15, 0.2) is 48.5 Å². The lowest BCUT2D eigenvalue weighted by Crippen LogP contribution is -2.49. The molecule has 2 aliphatic rings. The number of piperidine rings is 2. The fraction of sp³-hybridized carbons (Fsp3) is 0.485. The number of carboxylic acids is 1. The van der Waals surface area contributed by atoms with Crippen LogP contribution in [0, 0.1) is 5.82 Å². The van der Waals surface area contributed by atoms with Crippen LogP contribution in [-0.2, 0) is 20.5 Å². The second-order valence-corrected chi connectivity index (χ2v) is 12.5. The molecule has 48 heavy (non-hydrogen) atoms. The van der Waals surface area contributed by atoms with Gasteiger partial charge in [-0.15, -0.1) is 0 Å². The molecule has 1 aromatic heterocycles. The van der Waals surface area contributed by atoms with Gasteiger partial charge in [0.25, 0.3) is 5.91 Å². The second kappa shape index (κ2) is 15.5. The van der Waals surface area contributed by atoms with E-state index in [-0.39, 0.29) is 23.9 Å². The number of para-hydroxylation sites is 1. The molecular formula is C33H39F4N5O6. The number of carbonyl (C=O) groups excluding carboxylic acids is 2. The van der Waals surface area contributed by atoms with Gasteiger partial charge in [-0.3, -0.25) is 14.8 Å². The van der Waals surface area contributed by atoms with Crippen molar-refractivity contribution in [2.75, 3.05) is 19.7 Å². The van der Waals surface area contributed by atoms with E-state index in [0.29, 0.717) is 43.6 Å². The number of carboxylic acid groups (broad SMARTS) is 1. The number of benzene rings is 2. The molecule has 2 N–H and O–H groups in total. The summed E-state index contributed by atoms with van der Waals surface area (Å²) in [5.74, 6) is -1.59. The van der Waals surface area contributed by atoms with Crippen molar-refractivity contribution in [3.05, 3.63) is 65.7 Å². The maximum absolute atomic E-state index is 13.6. The summed E-state index contributed by atoms with van der Waals surface area (Å²) in [6.07, 6.45) is -0.860. The number of ether oxygens (including phenoxy) is 2. The average molecular weight is 678 g/mol. The van der Waals surface area contributed by atoms with Crippen LogP contribution in [0.1, 0.15) is 76.7 Å². The van der Waals surface area contributed by atoms with E-state index < -0.39 is 47.3 Å². The zero-order valence-electron chi connectivity index (χ0n) is 26.9. The monoisotopic (exact) mass is 677 g/mol. The second-order valence-electron chi connectivity index (χ2n) is 12.5. The van der Waals surface area contributed by atoms with Crippen LogP contribution < -0.4 is 4.74 Å². The number of H-pyrrole nitrogens is 1. The van der Waals surface area contributed by atoms with Gasteiger partial charge in [-0.25, -0.2) is 19.0 Å². The zero-order chi connectivity index (χ0) is 35.1. The molecule has 3 aromatic rings. The zero-order valence-corrected chi connectivity index (χ0v) is 26.9. The lowest BCUT2D eigenvalue weighted by Gasteiger charge is -2.34. The lowest BCUT2D eigenvalue weighted by atomic mass is 10.0. The summed E-state index contributed by atoms with van der Waals surface area (Å²) in [5.41, 5.74) is -1.94. The quantitative estimate of drug-likeness (QED) is 0.278. The van der Waals surface area contributed by atoms with E-state index in [0.717, 1.165) is 31.7 Å². The van der Waals surface area contributed by atoms with Crippen LogP contribution in [-0.4, -0.2) is 79.4 Å². The highest BCUT2D eigenvalue weighted by molar-refractivity contribution is 5.80. The third kappa shape index (κ3) is 9.67. The molecule has 0 aliphatic carbocycles. The Hall–Kier alpha value is -4.69. The Bertz CT molecular complexity index is 1560. The van der Waals surface area contributed by atoms with Crippen molar-refractivity contribution in [3.63, 3.8) is 0 Å². The van der Waals surface area contributed by atoms with Gasteiger partial charge in [-0.1, -0.05) is 18.2 Å². The van der Waals surface area contributed by atoms with Gasteiger partial charge < -0.3 is 19.5 Å². The van der Waals surface area contributed by atoms with Gasteiger partial charge in [-0.05, 0) is 89.6 Å². The number of nitrogens with zero attached hydrogens (tertiary/aromatic N) is 4. The maximum Gasteiger partial charge on any atom is 0.419 e. The Morgan fingerprint density at radius 1 is 0.958 bits per heavy atom. The number of hydrogen-bond donors (Lipinski definition) is 2. The van der Waals surface area contributed by atoms with Crippen LogP contribution in [0.5, 0.6) is 5.75 Å². The normalized spacial score (nSPS) is 18.4. The summed E-state index contributed by atoms with van der Waals surface area (Å²) < 4.78 is 63.4. The number of halogens is 4. The summed E-state index contributed by atoms with van der Waals surface area (Å²) in [6.45, 7) is 6.13. The van der Waals surface area contributed by atoms with Crippen molar-refractivity contribution in [2.45, 2.75) is 83.2 Å². The predicted molar refractivity (Wildman–Crippen MR) is 165 cm³/mol. The Morgan fingerprint density at radius 2 is 1.62 bits per heavy atom. The highest BCUT2D eigenvalue weighted by Crippen LogP contribution is 2.35. The van der Waals surface area contributed by atoms with Crippen LogP contribution in [0.3, 0.4) is 0 Å². The molecule has 2 aromatic carbocycles. The fourth-order valence-electron chi connectivity index (χ4n) is 5.42. The highest BCUT2D eigenvalue weighted by Gasteiger charge is 2.36. The van der Waals surface area contributed by atoms with Crippen LogP contribution in [0.2, 0.25) is 0 Å². The number of aromatic amines is 1. The van der Waals surface area contributed by atoms with E-state index >= 15 is 0 Å². The number of alkyl halides is 3. The molecule has 2 aliphatic heterocycles. The molecule has 0 saturated carbocycles. The summed E-state index contributed by atoms with van der Waals surface area (Å²) in [6, 6.07) is 10.4. The van der Waals surface area contributed by atoms with Crippen molar-refractivity contribution >= 4 is 18.0 Å². The Morgan fingerprint density at radius 3 is 2.27 bits per heavy atom. The van der Waals surface area contributed by atoms with E-state index in [9.17, 15) is 31.9 Å². The number of aliphatic carboxylic acids is 1. The summed E-state index contributed by atoms with van der Waals surface area (Å²) in [4.78, 5) is 42.8. The Kier molecular flexibility index (Phi) is 11.7. The third-order valence-electron chi connectivity index (χ3n) is 7.69. The molecule has 0 spiro atoms. The molecule has 11 nitrogen and oxygen atoms in total. The standard InChI is InChI=1S/C22H20F4N4O2.C11H19NO4/c23-17-10-9-14(12-16(17)22(24,25)26)20-27-21(29-28-20)18-8-4-5-11-30(18)19(31)13-32-15-6-2-1-3-7-15;1-11(2,3)16-10(15)12-7-5-4-6-8(12)9(13)14/h1-3,6-7,9-10,12,18H,4-5,8,11,13H2,(H,27,28,29);8H,4-7H2,1-3H3,(H,13,14)/t18-;8-/m11/s1. The van der Waals surface area contributed by atoms with Gasteiger partial charge >= 0.3 is 18.2 Å². The number of amides is 2. The van der Waals surface area contributed by atoms with Crippen LogP contribution >= 0.6 is 0 Å². The summed E-state index contributed by atoms with van der Waals surface area (Å²) >= 11 is 0. The minimum atomic E-state index is -4.83. The van der Waals surface area contributed by atoms with E-state index in [1.165, 1.54) is 11.0 Å². The highest BCUT2D eigenvalue weighted by atomic mass is 19.4. The lowest BCUT2D eigenvalue weighted by molar-refractivity contribution is -0.144. The van der Waals surface area contributed by atoms with E-state index in [1.54, 1.807) is 49.9 Å². The molecule has 0 bridgehead atoms. The van der Waals surface area contributed by atoms with Crippen molar-refractivity contribution < 1.29 is 46.5 Å². The SMILES string of the molecule is CC(C)(C)OC(=O)N1CCCC[C@@H]1C(=O)O.O=C(COc1ccccc1)N1CCCC[C@@H]1c1nc(-c2ccc(F)c(C(F)(F)F)c2)n[nH]1. The molecule has 0 radical (unpaired) electrons. The number of likely N-dealkylation sites (tertiary alicyclic amines) is 2. The van der Waals surface area contributed by atoms with E-state index in [1.807, 2.05) is 6.07 Å². The number of rotatable bonds is 6. The number of nitrogens with one attached hydrogen (secondary N) is 1. The molecule has 2 amide bonds. The summed E-state index contributed by atoms with van der Waals surface area (Å²) in [5, 5.41) is 15.7. The Labute approximate surface area is 275 Å². The van der Waals surface area contributed by atoms with Gasteiger partial charge in [0.2, 0.25) is 0 Å².